The van der Waals surface area contributed by atoms with Crippen LogP contribution in [0.3, 0.4) is 0 Å². The van der Waals surface area contributed by atoms with Gasteiger partial charge in [-0.2, -0.15) is 0 Å². The summed E-state index contributed by atoms with van der Waals surface area (Å²) >= 11 is 0. The maximum atomic E-state index is 14.8. The summed E-state index contributed by atoms with van der Waals surface area (Å²) in [5, 5.41) is 3.54. The van der Waals surface area contributed by atoms with Crippen molar-refractivity contribution in [3.05, 3.63) is 69.5 Å². The minimum atomic E-state index is -0.403. The van der Waals surface area contributed by atoms with Gasteiger partial charge in [-0.15, -0.1) is 0 Å². The first-order valence-electron chi connectivity index (χ1n) is 12.9. The Morgan fingerprint density at radius 1 is 1.14 bits per heavy atom. The van der Waals surface area contributed by atoms with Crippen molar-refractivity contribution in [2.45, 2.75) is 59.4 Å². The zero-order chi connectivity index (χ0) is 24.9. The summed E-state index contributed by atoms with van der Waals surface area (Å²) in [6.45, 7) is 13.1. The van der Waals surface area contributed by atoms with Gasteiger partial charge in [0.1, 0.15) is 11.6 Å². The third-order valence-electron chi connectivity index (χ3n) is 6.99. The molecule has 1 aliphatic heterocycles. The van der Waals surface area contributed by atoms with Gasteiger partial charge in [0, 0.05) is 13.1 Å². The first-order chi connectivity index (χ1) is 16.9. The molecular formula is C29H37FN4O. The topological polar surface area (TPSA) is 50.2 Å². The van der Waals surface area contributed by atoms with Gasteiger partial charge >= 0.3 is 0 Å². The van der Waals surface area contributed by atoms with Crippen molar-refractivity contribution in [2.24, 2.45) is 0 Å². The number of anilines is 1. The standard InChI is InChI=1S/C29H37FN4O/c1-5-33(6-2)15-8-7-14-31-27-19-26-24(18-25(27)30)29(35)34-16-13-23(28(34)32-26)17-21-9-11-22(12-10-21)20(3)4/h9-12,17-20,31H,5-8,13-16H2,1-4H3/b23-17+. The van der Waals surface area contributed by atoms with Gasteiger partial charge in [-0.25, -0.2) is 9.37 Å². The average molecular weight is 477 g/mol. The van der Waals surface area contributed by atoms with Crippen LogP contribution in [0.2, 0.25) is 0 Å². The second kappa shape index (κ2) is 11.2. The van der Waals surface area contributed by atoms with Gasteiger partial charge in [-0.1, -0.05) is 52.0 Å². The molecule has 6 heteroatoms. The minimum Gasteiger partial charge on any atom is -0.383 e. The number of hydrogen-bond acceptors (Lipinski definition) is 4. The Labute approximate surface area is 207 Å². The Morgan fingerprint density at radius 3 is 2.57 bits per heavy atom. The second-order valence-electron chi connectivity index (χ2n) is 9.64. The third-order valence-corrected chi connectivity index (χ3v) is 6.99. The highest BCUT2D eigenvalue weighted by atomic mass is 19.1. The van der Waals surface area contributed by atoms with Crippen molar-refractivity contribution < 1.29 is 4.39 Å². The van der Waals surface area contributed by atoms with E-state index >= 15 is 0 Å². The highest BCUT2D eigenvalue weighted by Gasteiger charge is 2.22. The lowest BCUT2D eigenvalue weighted by molar-refractivity contribution is 0.298. The normalized spacial score (nSPS) is 14.4. The summed E-state index contributed by atoms with van der Waals surface area (Å²) in [6, 6.07) is 11.5. The minimum absolute atomic E-state index is 0.173. The summed E-state index contributed by atoms with van der Waals surface area (Å²) in [4.78, 5) is 20.3. The predicted molar refractivity (Wildman–Crippen MR) is 144 cm³/mol. The lowest BCUT2D eigenvalue weighted by Crippen LogP contribution is -2.24. The second-order valence-corrected chi connectivity index (χ2v) is 9.64. The molecule has 3 aromatic rings. The summed E-state index contributed by atoms with van der Waals surface area (Å²) in [5.74, 6) is 0.771. The van der Waals surface area contributed by atoms with Gasteiger partial charge in [0.25, 0.3) is 5.56 Å². The maximum Gasteiger partial charge on any atom is 0.261 e. The van der Waals surface area contributed by atoms with Crippen LogP contribution in [0.4, 0.5) is 10.1 Å². The number of nitrogens with zero attached hydrogens (tertiary/aromatic N) is 3. The zero-order valence-electron chi connectivity index (χ0n) is 21.4. The van der Waals surface area contributed by atoms with E-state index in [-0.39, 0.29) is 5.56 Å². The van der Waals surface area contributed by atoms with Crippen LogP contribution in [0.15, 0.2) is 41.2 Å². The van der Waals surface area contributed by atoms with Gasteiger partial charge in [-0.3, -0.25) is 9.36 Å². The van der Waals surface area contributed by atoms with E-state index in [4.69, 9.17) is 4.98 Å². The van der Waals surface area contributed by atoms with Crippen molar-refractivity contribution in [1.82, 2.24) is 14.5 Å². The van der Waals surface area contributed by atoms with E-state index in [1.165, 1.54) is 11.6 Å². The predicted octanol–water partition coefficient (Wildman–Crippen LogP) is 6.14. The molecule has 2 aromatic carbocycles. The molecule has 5 nitrogen and oxygen atoms in total. The van der Waals surface area contributed by atoms with Gasteiger partial charge in [0.2, 0.25) is 0 Å². The number of benzene rings is 2. The number of halogens is 1. The lowest BCUT2D eigenvalue weighted by atomic mass is 10.0. The SMILES string of the molecule is CCN(CC)CCCCNc1cc2nc3n(c(=O)c2cc1F)CC/C3=C\c1ccc(C(C)C)cc1. The first-order valence-corrected chi connectivity index (χ1v) is 12.9. The van der Waals surface area contributed by atoms with Crippen molar-refractivity contribution >= 4 is 28.2 Å². The Hall–Kier alpha value is -2.99. The number of hydrogen-bond donors (Lipinski definition) is 1. The molecule has 0 bridgehead atoms. The molecule has 0 fully saturated rings. The van der Waals surface area contributed by atoms with Crippen LogP contribution >= 0.6 is 0 Å². The molecule has 0 radical (unpaired) electrons. The van der Waals surface area contributed by atoms with E-state index in [0.29, 0.717) is 41.4 Å². The van der Waals surface area contributed by atoms with Crippen LogP contribution in [-0.4, -0.2) is 40.6 Å². The van der Waals surface area contributed by atoms with Crippen LogP contribution in [0.1, 0.15) is 69.8 Å². The van der Waals surface area contributed by atoms with E-state index in [0.717, 1.165) is 50.0 Å². The number of unbranched alkanes of at least 4 members (excludes halogenated alkanes) is 1. The fourth-order valence-electron chi connectivity index (χ4n) is 4.71. The van der Waals surface area contributed by atoms with Gasteiger partial charge in [0.05, 0.1) is 16.6 Å². The number of fused-ring (bicyclic) bond motifs is 2. The Bertz CT molecular complexity index is 1260. The molecule has 35 heavy (non-hydrogen) atoms. The summed E-state index contributed by atoms with van der Waals surface area (Å²) < 4.78 is 16.5. The van der Waals surface area contributed by atoms with Crippen molar-refractivity contribution in [3.8, 4) is 0 Å². The smallest absolute Gasteiger partial charge is 0.261 e. The Morgan fingerprint density at radius 2 is 1.89 bits per heavy atom. The van der Waals surface area contributed by atoms with Gasteiger partial charge < -0.3 is 10.2 Å². The molecule has 0 amide bonds. The highest BCUT2D eigenvalue weighted by molar-refractivity contribution is 5.86. The van der Waals surface area contributed by atoms with Crippen LogP contribution in [0.5, 0.6) is 0 Å². The monoisotopic (exact) mass is 476 g/mol. The molecule has 0 saturated carbocycles. The van der Waals surface area contributed by atoms with E-state index in [1.54, 1.807) is 10.6 Å². The fraction of sp³-hybridized carbons (Fsp3) is 0.448. The Balaban J connectivity index is 1.55. The quantitative estimate of drug-likeness (QED) is 0.357. The fourth-order valence-corrected chi connectivity index (χ4v) is 4.71. The van der Waals surface area contributed by atoms with E-state index in [9.17, 15) is 9.18 Å². The average Bonchev–Trinajstić information content (AvgIpc) is 3.25. The Kier molecular flexibility index (Phi) is 8.01. The van der Waals surface area contributed by atoms with E-state index in [2.05, 4.69) is 68.3 Å². The largest absolute Gasteiger partial charge is 0.383 e. The number of aromatic nitrogens is 2. The first kappa shape index (κ1) is 25.1. The van der Waals surface area contributed by atoms with Crippen LogP contribution in [0.25, 0.3) is 22.6 Å². The summed E-state index contributed by atoms with van der Waals surface area (Å²) in [5.41, 5.74) is 4.21. The highest BCUT2D eigenvalue weighted by Crippen LogP contribution is 2.29. The molecule has 1 aliphatic rings. The summed E-state index contributed by atoms with van der Waals surface area (Å²) in [7, 11) is 0. The molecule has 0 atom stereocenters. The van der Waals surface area contributed by atoms with E-state index < -0.39 is 5.82 Å². The van der Waals surface area contributed by atoms with Gasteiger partial charge in [0.15, 0.2) is 0 Å². The molecule has 1 N–H and O–H groups in total. The molecular weight excluding hydrogens is 439 g/mol. The molecule has 186 valence electrons. The number of allylic oxidation sites excluding steroid dienone is 1. The molecule has 0 spiro atoms. The van der Waals surface area contributed by atoms with Crippen LogP contribution in [0, 0.1) is 5.82 Å². The molecule has 4 rings (SSSR count). The number of nitrogens with one attached hydrogen (secondary N) is 1. The molecule has 1 aromatic heterocycles. The van der Waals surface area contributed by atoms with Crippen LogP contribution < -0.4 is 10.9 Å². The molecule has 0 saturated heterocycles. The zero-order valence-corrected chi connectivity index (χ0v) is 21.4. The maximum absolute atomic E-state index is 14.8. The summed E-state index contributed by atoms with van der Waals surface area (Å²) in [6.07, 6.45) is 4.87. The molecule has 2 heterocycles. The molecule has 0 unspecified atom stereocenters. The van der Waals surface area contributed by atoms with Crippen LogP contribution in [-0.2, 0) is 6.54 Å². The lowest BCUT2D eigenvalue weighted by Gasteiger charge is -2.17. The van der Waals surface area contributed by atoms with E-state index in [1.807, 2.05) is 0 Å². The number of rotatable bonds is 10. The van der Waals surface area contributed by atoms with Crippen molar-refractivity contribution in [3.63, 3.8) is 0 Å². The van der Waals surface area contributed by atoms with Crippen molar-refractivity contribution in [1.29, 1.82) is 0 Å². The van der Waals surface area contributed by atoms with Gasteiger partial charge in [-0.05, 0) is 79.7 Å². The third kappa shape index (κ3) is 5.64. The molecule has 0 aliphatic carbocycles. The van der Waals surface area contributed by atoms with Crippen molar-refractivity contribution in [2.75, 3.05) is 31.5 Å².